The van der Waals surface area contributed by atoms with Gasteiger partial charge in [-0.2, -0.15) is 0 Å². The number of hydrogen-bond acceptors (Lipinski definition) is 5. The number of aliphatic hydroxyl groups excluding tert-OH is 1. The molecule has 1 aromatic carbocycles. The molecule has 2 aromatic rings. The van der Waals surface area contributed by atoms with Crippen molar-refractivity contribution in [1.82, 2.24) is 9.97 Å². The number of nitrogens with one attached hydrogen (secondary N) is 1. The first-order chi connectivity index (χ1) is 10.1. The lowest BCUT2D eigenvalue weighted by molar-refractivity contribution is 0.117. The molecule has 0 saturated heterocycles. The fourth-order valence-electron chi connectivity index (χ4n) is 1.45. The summed E-state index contributed by atoms with van der Waals surface area (Å²) in [7, 11) is 0. The van der Waals surface area contributed by atoms with Crippen molar-refractivity contribution >= 4 is 45.1 Å². The van der Waals surface area contributed by atoms with Crippen molar-refractivity contribution in [2.75, 3.05) is 18.5 Å². The summed E-state index contributed by atoms with van der Waals surface area (Å²) in [6.07, 6.45) is 2.49. The number of aromatic nitrogens is 2. The fourth-order valence-corrected chi connectivity index (χ4v) is 2.00. The largest absolute Gasteiger partial charge is 0.489 e. The number of aliphatic hydroxyl groups is 1. The van der Waals surface area contributed by atoms with E-state index in [1.54, 1.807) is 30.6 Å². The van der Waals surface area contributed by atoms with E-state index in [1.165, 1.54) is 0 Å². The molecule has 1 aromatic heterocycles. The van der Waals surface area contributed by atoms with Crippen molar-refractivity contribution < 1.29 is 9.84 Å². The maximum atomic E-state index is 9.86. The highest BCUT2D eigenvalue weighted by Crippen LogP contribution is 2.31. The predicted octanol–water partition coefficient (Wildman–Crippen LogP) is 3.40. The van der Waals surface area contributed by atoms with Crippen molar-refractivity contribution in [3.05, 3.63) is 45.1 Å². The second kappa shape index (κ2) is 7.79. The van der Waals surface area contributed by atoms with E-state index in [4.69, 9.17) is 27.9 Å². The van der Waals surface area contributed by atoms with Gasteiger partial charge in [-0.15, -0.1) is 0 Å². The van der Waals surface area contributed by atoms with E-state index in [0.29, 0.717) is 21.7 Å². The smallest absolute Gasteiger partial charge is 0.222 e. The molecule has 0 aliphatic rings. The Balaban J connectivity index is 1.80. The van der Waals surface area contributed by atoms with E-state index in [1.807, 2.05) is 0 Å². The fraction of sp³-hybridized carbons (Fsp3) is 0.231. The van der Waals surface area contributed by atoms with E-state index >= 15 is 0 Å². The molecular formula is C13H12BrCl2N3O2. The topological polar surface area (TPSA) is 67.3 Å². The van der Waals surface area contributed by atoms with Crippen molar-refractivity contribution in [3.63, 3.8) is 0 Å². The molecule has 0 radical (unpaired) electrons. The van der Waals surface area contributed by atoms with Crippen LogP contribution in [0, 0.1) is 0 Å². The number of ether oxygens (including phenoxy) is 1. The van der Waals surface area contributed by atoms with Crippen LogP contribution in [0.15, 0.2) is 35.1 Å². The Bertz CT molecular complexity index is 598. The van der Waals surface area contributed by atoms with Gasteiger partial charge in [0.25, 0.3) is 0 Å². The van der Waals surface area contributed by atoms with E-state index < -0.39 is 6.10 Å². The minimum atomic E-state index is -0.743. The van der Waals surface area contributed by atoms with Gasteiger partial charge in [-0.3, -0.25) is 0 Å². The van der Waals surface area contributed by atoms with Crippen LogP contribution in [0.25, 0.3) is 0 Å². The molecule has 2 rings (SSSR count). The Morgan fingerprint density at radius 3 is 2.71 bits per heavy atom. The van der Waals surface area contributed by atoms with Gasteiger partial charge >= 0.3 is 0 Å². The molecule has 0 aliphatic carbocycles. The minimum Gasteiger partial charge on any atom is -0.489 e. The van der Waals surface area contributed by atoms with Crippen LogP contribution in [0.3, 0.4) is 0 Å². The molecule has 112 valence electrons. The molecule has 0 unspecified atom stereocenters. The monoisotopic (exact) mass is 391 g/mol. The maximum absolute atomic E-state index is 9.86. The molecule has 0 aliphatic heterocycles. The van der Waals surface area contributed by atoms with Crippen LogP contribution >= 0.6 is 39.1 Å². The second-order valence-electron chi connectivity index (χ2n) is 4.12. The summed E-state index contributed by atoms with van der Waals surface area (Å²) in [5.74, 6) is 0.862. The second-order valence-corrected chi connectivity index (χ2v) is 5.82. The van der Waals surface area contributed by atoms with Gasteiger partial charge in [-0.05, 0) is 28.1 Å². The lowest BCUT2D eigenvalue weighted by Gasteiger charge is -2.14. The first kappa shape index (κ1) is 16.3. The third kappa shape index (κ3) is 5.00. The quantitative estimate of drug-likeness (QED) is 0.788. The van der Waals surface area contributed by atoms with Gasteiger partial charge in [-0.25, -0.2) is 9.97 Å². The Morgan fingerprint density at radius 2 is 2.00 bits per heavy atom. The first-order valence-corrected chi connectivity index (χ1v) is 7.57. The molecule has 0 fully saturated rings. The zero-order valence-electron chi connectivity index (χ0n) is 10.8. The summed E-state index contributed by atoms with van der Waals surface area (Å²) in [5.41, 5.74) is 0. The molecule has 1 atom stereocenters. The summed E-state index contributed by atoms with van der Waals surface area (Å²) in [5, 5.41) is 13.5. The summed E-state index contributed by atoms with van der Waals surface area (Å²) in [4.78, 5) is 8.07. The molecule has 2 N–H and O–H groups in total. The van der Waals surface area contributed by atoms with Gasteiger partial charge < -0.3 is 15.2 Å². The summed E-state index contributed by atoms with van der Waals surface area (Å²) < 4.78 is 6.22. The molecule has 1 heterocycles. The third-order valence-electron chi connectivity index (χ3n) is 2.46. The summed E-state index contributed by atoms with van der Waals surface area (Å²) in [6.45, 7) is 0.323. The van der Waals surface area contributed by atoms with Crippen LogP contribution in [-0.2, 0) is 0 Å². The van der Waals surface area contributed by atoms with Crippen LogP contribution < -0.4 is 10.1 Å². The number of nitrogens with zero attached hydrogens (tertiary/aromatic N) is 2. The number of halogens is 3. The predicted molar refractivity (Wildman–Crippen MR) is 86.2 cm³/mol. The van der Waals surface area contributed by atoms with E-state index in [9.17, 15) is 5.11 Å². The summed E-state index contributed by atoms with van der Waals surface area (Å²) >= 11 is 15.1. The lowest BCUT2D eigenvalue weighted by Crippen LogP contribution is -2.27. The van der Waals surface area contributed by atoms with Crippen molar-refractivity contribution in [3.8, 4) is 5.75 Å². The number of benzene rings is 1. The minimum absolute atomic E-state index is 0.0730. The van der Waals surface area contributed by atoms with Crippen molar-refractivity contribution in [2.24, 2.45) is 0 Å². The summed E-state index contributed by atoms with van der Waals surface area (Å²) in [6, 6.07) is 5.08. The normalized spacial score (nSPS) is 12.0. The van der Waals surface area contributed by atoms with Crippen LogP contribution in [-0.4, -0.2) is 34.3 Å². The molecule has 0 saturated carbocycles. The standard InChI is InChI=1S/C13H12BrCl2N3O2/c14-8-4-17-13(18-5-8)19-6-9(20)7-21-11-3-1-2-10(15)12(11)16/h1-5,9,20H,6-7H2,(H,17,18,19)/t9-/m0/s1. The van der Waals surface area contributed by atoms with E-state index in [-0.39, 0.29) is 13.2 Å². The molecule has 5 nitrogen and oxygen atoms in total. The van der Waals surface area contributed by atoms with Crippen LogP contribution in [0.5, 0.6) is 5.75 Å². The van der Waals surface area contributed by atoms with Crippen LogP contribution in [0.4, 0.5) is 5.95 Å². The third-order valence-corrected chi connectivity index (χ3v) is 3.67. The molecule has 8 heteroatoms. The molecular weight excluding hydrogens is 381 g/mol. The highest BCUT2D eigenvalue weighted by Gasteiger charge is 2.09. The molecule has 0 amide bonds. The number of hydrogen-bond donors (Lipinski definition) is 2. The average Bonchev–Trinajstić information content (AvgIpc) is 2.48. The van der Waals surface area contributed by atoms with Crippen LogP contribution in [0.2, 0.25) is 10.0 Å². The van der Waals surface area contributed by atoms with Gasteiger partial charge in [0.15, 0.2) is 0 Å². The number of anilines is 1. The molecule has 0 bridgehead atoms. The Labute approximate surface area is 140 Å². The van der Waals surface area contributed by atoms with Gasteiger partial charge in [-0.1, -0.05) is 29.3 Å². The lowest BCUT2D eigenvalue weighted by atomic mass is 10.3. The Morgan fingerprint density at radius 1 is 1.29 bits per heavy atom. The average molecular weight is 393 g/mol. The zero-order valence-corrected chi connectivity index (χ0v) is 13.9. The van der Waals surface area contributed by atoms with Gasteiger partial charge in [0.2, 0.25) is 5.95 Å². The van der Waals surface area contributed by atoms with Crippen LogP contribution in [0.1, 0.15) is 0 Å². The zero-order chi connectivity index (χ0) is 15.2. The first-order valence-electron chi connectivity index (χ1n) is 6.02. The molecule has 0 spiro atoms. The molecule has 21 heavy (non-hydrogen) atoms. The van der Waals surface area contributed by atoms with Crippen molar-refractivity contribution in [2.45, 2.75) is 6.10 Å². The Hall–Kier alpha value is -1.08. The SMILES string of the molecule is O[C@@H](CNc1ncc(Br)cn1)COc1cccc(Cl)c1Cl. The number of rotatable bonds is 6. The van der Waals surface area contributed by atoms with E-state index in [0.717, 1.165) is 4.47 Å². The van der Waals surface area contributed by atoms with Gasteiger partial charge in [0, 0.05) is 18.9 Å². The highest BCUT2D eigenvalue weighted by atomic mass is 79.9. The highest BCUT2D eigenvalue weighted by molar-refractivity contribution is 9.10. The van der Waals surface area contributed by atoms with Crippen molar-refractivity contribution in [1.29, 1.82) is 0 Å². The Kier molecular flexibility index (Phi) is 6.05. The maximum Gasteiger partial charge on any atom is 0.222 e. The van der Waals surface area contributed by atoms with Gasteiger partial charge in [0.05, 0.1) is 9.50 Å². The van der Waals surface area contributed by atoms with E-state index in [2.05, 4.69) is 31.2 Å². The van der Waals surface area contributed by atoms with Gasteiger partial charge in [0.1, 0.15) is 23.5 Å².